The van der Waals surface area contributed by atoms with Gasteiger partial charge in [-0.2, -0.15) is 0 Å². The van der Waals surface area contributed by atoms with Gasteiger partial charge in [0.1, 0.15) is 17.9 Å². The van der Waals surface area contributed by atoms with Crippen molar-refractivity contribution < 1.29 is 9.59 Å². The number of benzene rings is 1. The lowest BCUT2D eigenvalue weighted by molar-refractivity contribution is -0.123. The highest BCUT2D eigenvalue weighted by atomic mass is 32.1. The molecule has 7 heteroatoms. The Balaban J connectivity index is 1.75. The lowest BCUT2D eigenvalue weighted by Gasteiger charge is -2.22. The molecule has 0 aliphatic carbocycles. The van der Waals surface area contributed by atoms with Crippen LogP contribution in [0.4, 0.5) is 0 Å². The van der Waals surface area contributed by atoms with Gasteiger partial charge in [-0.15, -0.1) is 11.3 Å². The number of amides is 2. The minimum Gasteiger partial charge on any atom is -0.340 e. The van der Waals surface area contributed by atoms with Gasteiger partial charge >= 0.3 is 0 Å². The molecule has 2 N–H and O–H groups in total. The molecule has 26 heavy (non-hydrogen) atoms. The fraction of sp³-hybridized carbons (Fsp3) is 0.211. The Hall–Kier alpha value is -2.93. The predicted molar refractivity (Wildman–Crippen MR) is 101 cm³/mol. The van der Waals surface area contributed by atoms with Crippen LogP contribution in [0.1, 0.15) is 34.0 Å². The Morgan fingerprint density at radius 2 is 1.88 bits per heavy atom. The molecule has 0 saturated carbocycles. The second-order valence-corrected chi connectivity index (χ2v) is 6.87. The van der Waals surface area contributed by atoms with Crippen molar-refractivity contribution in [1.82, 2.24) is 20.2 Å². The smallest absolute Gasteiger partial charge is 0.261 e. The number of hydrogen-bond acceptors (Lipinski definition) is 4. The van der Waals surface area contributed by atoms with Crippen molar-refractivity contribution in [2.24, 2.45) is 7.05 Å². The number of aryl methyl sites for hydroxylation is 1. The third kappa shape index (κ3) is 4.00. The van der Waals surface area contributed by atoms with E-state index in [9.17, 15) is 9.59 Å². The second kappa shape index (κ2) is 7.97. The summed E-state index contributed by atoms with van der Waals surface area (Å²) < 4.78 is 1.87. The van der Waals surface area contributed by atoms with Gasteiger partial charge in [0, 0.05) is 19.4 Å². The molecule has 0 unspecified atom stereocenters. The largest absolute Gasteiger partial charge is 0.340 e. The van der Waals surface area contributed by atoms with Crippen molar-refractivity contribution in [2.45, 2.75) is 19.0 Å². The second-order valence-electron chi connectivity index (χ2n) is 5.92. The molecule has 2 heterocycles. The molecule has 3 rings (SSSR count). The fourth-order valence-corrected chi connectivity index (χ4v) is 3.23. The third-order valence-electron chi connectivity index (χ3n) is 4.02. The number of hydrogen-bond donors (Lipinski definition) is 2. The molecule has 0 saturated heterocycles. The van der Waals surface area contributed by atoms with E-state index in [2.05, 4.69) is 15.6 Å². The summed E-state index contributed by atoms with van der Waals surface area (Å²) in [5, 5.41) is 7.55. The summed E-state index contributed by atoms with van der Waals surface area (Å²) in [6.07, 6.45) is 3.53. The highest BCUT2D eigenvalue weighted by Crippen LogP contribution is 2.20. The van der Waals surface area contributed by atoms with Crippen LogP contribution in [0.3, 0.4) is 0 Å². The van der Waals surface area contributed by atoms with Crippen molar-refractivity contribution in [3.63, 3.8) is 0 Å². The van der Waals surface area contributed by atoms with Crippen LogP contribution >= 0.6 is 11.3 Å². The molecule has 6 nitrogen and oxygen atoms in total. The molecule has 134 valence electrons. The molecule has 0 aliphatic rings. The van der Waals surface area contributed by atoms with E-state index in [4.69, 9.17) is 0 Å². The van der Waals surface area contributed by atoms with Crippen molar-refractivity contribution in [2.75, 3.05) is 0 Å². The number of aromatic nitrogens is 2. The molecule has 0 spiro atoms. The average Bonchev–Trinajstić information content (AvgIpc) is 3.32. The quantitative estimate of drug-likeness (QED) is 0.702. The van der Waals surface area contributed by atoms with Crippen molar-refractivity contribution in [3.8, 4) is 0 Å². The molecule has 2 atom stereocenters. The maximum atomic E-state index is 12.7. The average molecular weight is 368 g/mol. The van der Waals surface area contributed by atoms with E-state index >= 15 is 0 Å². The molecular formula is C19H20N4O2S. The number of thiophene rings is 1. The summed E-state index contributed by atoms with van der Waals surface area (Å²) in [5.41, 5.74) is 0.923. The number of rotatable bonds is 6. The molecule has 0 fully saturated rings. The number of carbonyl (C=O) groups is 2. The fourth-order valence-electron chi connectivity index (χ4n) is 2.61. The number of nitrogens with one attached hydrogen (secondary N) is 2. The highest BCUT2D eigenvalue weighted by molar-refractivity contribution is 7.12. The Labute approximate surface area is 155 Å². The minimum absolute atomic E-state index is 0.254. The van der Waals surface area contributed by atoms with Gasteiger partial charge in [0.2, 0.25) is 5.91 Å². The van der Waals surface area contributed by atoms with Crippen LogP contribution in [0.15, 0.2) is 60.2 Å². The van der Waals surface area contributed by atoms with Gasteiger partial charge in [-0.25, -0.2) is 4.98 Å². The van der Waals surface area contributed by atoms with Crippen LogP contribution in [-0.2, 0) is 11.8 Å². The van der Waals surface area contributed by atoms with Gasteiger partial charge in [-0.1, -0.05) is 36.4 Å². The van der Waals surface area contributed by atoms with Crippen LogP contribution in [-0.4, -0.2) is 27.4 Å². The molecule has 2 amide bonds. The molecule has 0 aliphatic heterocycles. The van der Waals surface area contributed by atoms with E-state index in [1.807, 2.05) is 53.5 Å². The van der Waals surface area contributed by atoms with E-state index in [0.717, 1.165) is 11.4 Å². The Bertz CT molecular complexity index is 874. The lowest BCUT2D eigenvalue weighted by atomic mass is 10.1. The minimum atomic E-state index is -0.670. The van der Waals surface area contributed by atoms with E-state index in [1.54, 1.807) is 25.3 Å². The monoisotopic (exact) mass is 368 g/mol. The first-order chi connectivity index (χ1) is 12.6. The Kier molecular flexibility index (Phi) is 5.48. The Morgan fingerprint density at radius 3 is 2.50 bits per heavy atom. The number of imidazole rings is 1. The zero-order chi connectivity index (χ0) is 18.5. The van der Waals surface area contributed by atoms with Gasteiger partial charge in [0.25, 0.3) is 5.91 Å². The van der Waals surface area contributed by atoms with Crippen LogP contribution in [0.5, 0.6) is 0 Å². The van der Waals surface area contributed by atoms with Gasteiger partial charge in [-0.05, 0) is 23.9 Å². The van der Waals surface area contributed by atoms with Crippen molar-refractivity contribution >= 4 is 23.2 Å². The first-order valence-electron chi connectivity index (χ1n) is 8.23. The molecule has 2 aromatic heterocycles. The maximum absolute atomic E-state index is 12.7. The number of nitrogens with zero attached hydrogens (tertiary/aromatic N) is 2. The third-order valence-corrected chi connectivity index (χ3v) is 4.89. The maximum Gasteiger partial charge on any atom is 0.261 e. The van der Waals surface area contributed by atoms with E-state index < -0.39 is 12.1 Å². The van der Waals surface area contributed by atoms with Gasteiger partial charge < -0.3 is 15.2 Å². The van der Waals surface area contributed by atoms with E-state index in [0.29, 0.717) is 4.88 Å². The summed E-state index contributed by atoms with van der Waals surface area (Å²) in [4.78, 5) is 29.8. The lowest BCUT2D eigenvalue weighted by Crippen LogP contribution is -2.46. The topological polar surface area (TPSA) is 76.0 Å². The van der Waals surface area contributed by atoms with E-state index in [-0.39, 0.29) is 11.8 Å². The zero-order valence-electron chi connectivity index (χ0n) is 14.5. The van der Waals surface area contributed by atoms with Gasteiger partial charge in [0.15, 0.2) is 0 Å². The highest BCUT2D eigenvalue weighted by Gasteiger charge is 2.24. The SMILES string of the molecule is C[C@H](NC(=O)c1cccs1)C(=O)N[C@H](c1ccccc1)c1nccn1C. The molecule has 1 aromatic carbocycles. The first-order valence-corrected chi connectivity index (χ1v) is 9.11. The summed E-state index contributed by atoms with van der Waals surface area (Å²) in [6.45, 7) is 1.67. The summed E-state index contributed by atoms with van der Waals surface area (Å²) in [5.74, 6) is 0.198. The zero-order valence-corrected chi connectivity index (χ0v) is 15.4. The van der Waals surface area contributed by atoms with Crippen molar-refractivity contribution in [3.05, 3.63) is 76.5 Å². The number of carbonyl (C=O) groups excluding carboxylic acids is 2. The predicted octanol–water partition coefficient (Wildman–Crippen LogP) is 2.51. The molecule has 0 bridgehead atoms. The summed E-state index contributed by atoms with van der Waals surface area (Å²) in [6, 6.07) is 12.1. The van der Waals surface area contributed by atoms with Crippen molar-refractivity contribution in [1.29, 1.82) is 0 Å². The van der Waals surface area contributed by atoms with Crippen LogP contribution < -0.4 is 10.6 Å². The normalized spacial score (nSPS) is 13.0. The molecule has 3 aromatic rings. The summed E-state index contributed by atoms with van der Waals surface area (Å²) >= 11 is 1.34. The Morgan fingerprint density at radius 1 is 1.12 bits per heavy atom. The first kappa shape index (κ1) is 17.9. The summed E-state index contributed by atoms with van der Waals surface area (Å²) in [7, 11) is 1.88. The van der Waals surface area contributed by atoms with Crippen LogP contribution in [0.2, 0.25) is 0 Å². The standard InChI is InChI=1S/C19H20N4O2S/c1-13(21-19(25)15-9-6-12-26-15)18(24)22-16(14-7-4-3-5-8-14)17-20-10-11-23(17)2/h3-13,16H,1-2H3,(H,21,25)(H,22,24)/t13-,16+/m0/s1. The van der Waals surface area contributed by atoms with Gasteiger partial charge in [0.05, 0.1) is 4.88 Å². The molecule has 0 radical (unpaired) electrons. The van der Waals surface area contributed by atoms with Gasteiger partial charge in [-0.3, -0.25) is 9.59 Å². The van der Waals surface area contributed by atoms with Crippen LogP contribution in [0.25, 0.3) is 0 Å². The van der Waals surface area contributed by atoms with E-state index in [1.165, 1.54) is 11.3 Å². The van der Waals surface area contributed by atoms with Crippen LogP contribution in [0, 0.1) is 0 Å². The molecular weight excluding hydrogens is 348 g/mol.